The molecule has 0 radical (unpaired) electrons. The normalized spacial score (nSPS) is 17.2. The molecule has 1 amide bonds. The summed E-state index contributed by atoms with van der Waals surface area (Å²) < 4.78 is 0. The van der Waals surface area contributed by atoms with Gasteiger partial charge >= 0.3 is 0 Å². The second kappa shape index (κ2) is 7.36. The highest BCUT2D eigenvalue weighted by Crippen LogP contribution is 2.05. The first-order chi connectivity index (χ1) is 9.68. The SMILES string of the molecule is CC(C(=O)N1CCNCC1)N(C)CCc1ccccn1. The van der Waals surface area contributed by atoms with E-state index < -0.39 is 0 Å². The van der Waals surface area contributed by atoms with Crippen LogP contribution in [0.4, 0.5) is 0 Å². The van der Waals surface area contributed by atoms with Crippen LogP contribution < -0.4 is 5.32 Å². The van der Waals surface area contributed by atoms with Crippen molar-refractivity contribution >= 4 is 5.91 Å². The zero-order valence-corrected chi connectivity index (χ0v) is 12.4. The van der Waals surface area contributed by atoms with Crippen LogP contribution in [0.2, 0.25) is 0 Å². The maximum atomic E-state index is 12.4. The topological polar surface area (TPSA) is 48.5 Å². The van der Waals surface area contributed by atoms with Crippen molar-refractivity contribution < 1.29 is 4.79 Å². The lowest BCUT2D eigenvalue weighted by molar-refractivity contribution is -0.136. The smallest absolute Gasteiger partial charge is 0.239 e. The molecule has 1 atom stereocenters. The number of likely N-dealkylation sites (N-methyl/N-ethyl adjacent to an activating group) is 1. The van der Waals surface area contributed by atoms with Gasteiger partial charge in [0.2, 0.25) is 5.91 Å². The standard InChI is InChI=1S/C15H24N4O/c1-13(15(20)19-11-8-16-9-12-19)18(2)10-6-14-5-3-4-7-17-14/h3-5,7,13,16H,6,8-12H2,1-2H3. The van der Waals surface area contributed by atoms with Gasteiger partial charge in [0.05, 0.1) is 6.04 Å². The van der Waals surface area contributed by atoms with E-state index in [9.17, 15) is 4.79 Å². The Hall–Kier alpha value is -1.46. The third kappa shape index (κ3) is 4.02. The highest BCUT2D eigenvalue weighted by atomic mass is 16.2. The van der Waals surface area contributed by atoms with Gasteiger partial charge in [-0.3, -0.25) is 14.7 Å². The molecule has 0 aromatic carbocycles. The Balaban J connectivity index is 1.81. The van der Waals surface area contributed by atoms with Gasteiger partial charge in [-0.25, -0.2) is 0 Å². The van der Waals surface area contributed by atoms with Crippen LogP contribution in [0.15, 0.2) is 24.4 Å². The Kier molecular flexibility index (Phi) is 5.49. The summed E-state index contributed by atoms with van der Waals surface area (Å²) in [6.45, 7) is 6.26. The minimum Gasteiger partial charge on any atom is -0.339 e. The molecule has 1 aromatic rings. The number of carbonyl (C=O) groups excluding carboxylic acids is 1. The van der Waals surface area contributed by atoms with Crippen LogP contribution >= 0.6 is 0 Å². The largest absolute Gasteiger partial charge is 0.339 e. The molecule has 1 fully saturated rings. The molecule has 20 heavy (non-hydrogen) atoms. The predicted molar refractivity (Wildman–Crippen MR) is 79.5 cm³/mol. The number of carbonyl (C=O) groups is 1. The number of aromatic nitrogens is 1. The molecule has 2 heterocycles. The molecule has 1 N–H and O–H groups in total. The van der Waals surface area contributed by atoms with Crippen LogP contribution in [0, 0.1) is 0 Å². The van der Waals surface area contributed by atoms with Crippen LogP contribution in [0.3, 0.4) is 0 Å². The number of rotatable bonds is 5. The molecule has 1 aliphatic heterocycles. The van der Waals surface area contributed by atoms with Crippen LogP contribution in [0.5, 0.6) is 0 Å². The van der Waals surface area contributed by atoms with E-state index in [0.717, 1.165) is 44.8 Å². The number of nitrogens with zero attached hydrogens (tertiary/aromatic N) is 3. The average Bonchev–Trinajstić information content (AvgIpc) is 2.53. The first-order valence-electron chi connectivity index (χ1n) is 7.28. The second-order valence-electron chi connectivity index (χ2n) is 5.30. The van der Waals surface area contributed by atoms with Gasteiger partial charge in [-0.2, -0.15) is 0 Å². The molecule has 2 rings (SSSR count). The lowest BCUT2D eigenvalue weighted by Crippen LogP contribution is -2.52. The summed E-state index contributed by atoms with van der Waals surface area (Å²) in [6.07, 6.45) is 2.68. The third-order valence-corrected chi connectivity index (χ3v) is 3.89. The van der Waals surface area contributed by atoms with Crippen molar-refractivity contribution in [2.75, 3.05) is 39.8 Å². The second-order valence-corrected chi connectivity index (χ2v) is 5.30. The van der Waals surface area contributed by atoms with Gasteiger partial charge < -0.3 is 10.2 Å². The summed E-state index contributed by atoms with van der Waals surface area (Å²) in [6, 6.07) is 5.87. The van der Waals surface area contributed by atoms with Gasteiger partial charge in [0, 0.05) is 51.0 Å². The van der Waals surface area contributed by atoms with Gasteiger partial charge in [0.1, 0.15) is 0 Å². The zero-order valence-electron chi connectivity index (χ0n) is 12.4. The van der Waals surface area contributed by atoms with Crippen molar-refractivity contribution in [2.45, 2.75) is 19.4 Å². The van der Waals surface area contributed by atoms with Gasteiger partial charge in [-0.15, -0.1) is 0 Å². The summed E-state index contributed by atoms with van der Waals surface area (Å²) in [7, 11) is 2.01. The molecule has 1 aliphatic rings. The maximum absolute atomic E-state index is 12.4. The minimum absolute atomic E-state index is 0.0724. The fourth-order valence-electron chi connectivity index (χ4n) is 2.37. The van der Waals surface area contributed by atoms with Crippen molar-refractivity contribution in [3.63, 3.8) is 0 Å². The van der Waals surface area contributed by atoms with E-state index in [1.165, 1.54) is 0 Å². The van der Waals surface area contributed by atoms with Gasteiger partial charge in [0.15, 0.2) is 0 Å². The van der Waals surface area contributed by atoms with Crippen molar-refractivity contribution in [1.82, 2.24) is 20.1 Å². The number of hydrogen-bond acceptors (Lipinski definition) is 4. The Labute approximate surface area is 121 Å². The lowest BCUT2D eigenvalue weighted by Gasteiger charge is -2.33. The predicted octanol–water partition coefficient (Wildman–Crippen LogP) is 0.376. The molecular formula is C15H24N4O. The molecule has 110 valence electrons. The Morgan fingerprint density at radius 3 is 2.85 bits per heavy atom. The van der Waals surface area contributed by atoms with E-state index in [-0.39, 0.29) is 11.9 Å². The van der Waals surface area contributed by atoms with Crippen molar-refractivity contribution in [3.05, 3.63) is 30.1 Å². The van der Waals surface area contributed by atoms with Crippen molar-refractivity contribution in [3.8, 4) is 0 Å². The number of piperazine rings is 1. The first kappa shape index (κ1) is 14.9. The number of nitrogens with one attached hydrogen (secondary N) is 1. The maximum Gasteiger partial charge on any atom is 0.239 e. The van der Waals surface area contributed by atoms with Gasteiger partial charge in [0.25, 0.3) is 0 Å². The highest BCUT2D eigenvalue weighted by Gasteiger charge is 2.24. The van der Waals surface area contributed by atoms with Crippen LogP contribution in [-0.4, -0.2) is 66.5 Å². The highest BCUT2D eigenvalue weighted by molar-refractivity contribution is 5.81. The Morgan fingerprint density at radius 2 is 2.20 bits per heavy atom. The summed E-state index contributed by atoms with van der Waals surface area (Å²) in [5, 5.41) is 3.27. The van der Waals surface area contributed by atoms with Crippen molar-refractivity contribution in [2.24, 2.45) is 0 Å². The molecule has 5 nitrogen and oxygen atoms in total. The van der Waals surface area contributed by atoms with E-state index >= 15 is 0 Å². The molecule has 1 unspecified atom stereocenters. The molecular weight excluding hydrogens is 252 g/mol. The first-order valence-corrected chi connectivity index (χ1v) is 7.28. The fourth-order valence-corrected chi connectivity index (χ4v) is 2.37. The minimum atomic E-state index is -0.0724. The molecule has 0 saturated carbocycles. The molecule has 1 saturated heterocycles. The van der Waals surface area contributed by atoms with E-state index in [0.29, 0.717) is 0 Å². The number of hydrogen-bond donors (Lipinski definition) is 1. The molecule has 0 spiro atoms. The van der Waals surface area contributed by atoms with E-state index in [2.05, 4.69) is 15.2 Å². The monoisotopic (exact) mass is 276 g/mol. The van der Waals surface area contributed by atoms with Crippen LogP contribution in [-0.2, 0) is 11.2 Å². The van der Waals surface area contributed by atoms with E-state index in [1.807, 2.05) is 43.3 Å². The third-order valence-electron chi connectivity index (χ3n) is 3.89. The van der Waals surface area contributed by atoms with Gasteiger partial charge in [-0.05, 0) is 26.1 Å². The van der Waals surface area contributed by atoms with Gasteiger partial charge in [-0.1, -0.05) is 6.07 Å². The fraction of sp³-hybridized carbons (Fsp3) is 0.600. The van der Waals surface area contributed by atoms with Crippen molar-refractivity contribution in [1.29, 1.82) is 0 Å². The van der Waals surface area contributed by atoms with E-state index in [1.54, 1.807) is 0 Å². The quantitative estimate of drug-likeness (QED) is 0.844. The molecule has 0 bridgehead atoms. The van der Waals surface area contributed by atoms with Crippen LogP contribution in [0.1, 0.15) is 12.6 Å². The summed E-state index contributed by atoms with van der Waals surface area (Å²) in [5.41, 5.74) is 1.07. The summed E-state index contributed by atoms with van der Waals surface area (Å²) in [4.78, 5) is 20.8. The Morgan fingerprint density at radius 1 is 1.45 bits per heavy atom. The molecule has 0 aliphatic carbocycles. The summed E-state index contributed by atoms with van der Waals surface area (Å²) in [5.74, 6) is 0.232. The average molecular weight is 276 g/mol. The van der Waals surface area contributed by atoms with E-state index in [4.69, 9.17) is 0 Å². The summed E-state index contributed by atoms with van der Waals surface area (Å²) >= 11 is 0. The lowest BCUT2D eigenvalue weighted by atomic mass is 10.2. The Bertz CT molecular complexity index is 417. The zero-order chi connectivity index (χ0) is 14.4. The van der Waals surface area contributed by atoms with Crippen LogP contribution in [0.25, 0.3) is 0 Å². The molecule has 5 heteroatoms. The number of pyridine rings is 1. The molecule has 1 aromatic heterocycles. The number of amides is 1.